The van der Waals surface area contributed by atoms with Gasteiger partial charge in [-0.05, 0) is 67.3 Å². The number of hydrogen-bond donors (Lipinski definition) is 1. The zero-order valence-electron chi connectivity index (χ0n) is 25.2. The van der Waals surface area contributed by atoms with E-state index >= 15 is 0 Å². The standard InChI is InChI=1S/C35H38ClN3O4S/c1-4-27(3)37-35(41)33(23-28-14-7-5-8-15-28)38(24-29-19-21-30(36)22-20-29)34(40)25-39(32-18-12-11-13-26(32)2)44(42,43)31-16-9-6-10-17-31/h5-22,27,33H,4,23-25H2,1-3H3,(H,37,41)/t27-,33+/m0/s1. The minimum atomic E-state index is -4.14. The van der Waals surface area contributed by atoms with Gasteiger partial charge < -0.3 is 10.2 Å². The van der Waals surface area contributed by atoms with Gasteiger partial charge in [0.05, 0.1) is 10.6 Å². The van der Waals surface area contributed by atoms with Gasteiger partial charge in [-0.3, -0.25) is 13.9 Å². The topological polar surface area (TPSA) is 86.8 Å². The summed E-state index contributed by atoms with van der Waals surface area (Å²) >= 11 is 6.15. The third-order valence-corrected chi connectivity index (χ3v) is 9.56. The Hall–Kier alpha value is -4.14. The Morgan fingerprint density at radius 3 is 2.02 bits per heavy atom. The van der Waals surface area contributed by atoms with Crippen molar-refractivity contribution in [1.29, 1.82) is 0 Å². The quantitative estimate of drug-likeness (QED) is 0.185. The van der Waals surface area contributed by atoms with E-state index in [-0.39, 0.29) is 29.8 Å². The number of halogens is 1. The Labute approximate surface area is 265 Å². The normalized spacial score (nSPS) is 12.6. The molecule has 0 fully saturated rings. The molecule has 4 aromatic rings. The minimum Gasteiger partial charge on any atom is -0.352 e. The molecular formula is C35H38ClN3O4S. The summed E-state index contributed by atoms with van der Waals surface area (Å²) in [6, 6.07) is 30.6. The lowest BCUT2D eigenvalue weighted by atomic mass is 10.0. The van der Waals surface area contributed by atoms with Crippen molar-refractivity contribution in [2.24, 2.45) is 0 Å². The summed E-state index contributed by atoms with van der Waals surface area (Å²) in [5, 5.41) is 3.59. The second kappa shape index (κ2) is 15.0. The molecule has 0 aliphatic rings. The molecule has 9 heteroatoms. The lowest BCUT2D eigenvalue weighted by Crippen LogP contribution is -2.54. The predicted molar refractivity (Wildman–Crippen MR) is 176 cm³/mol. The fourth-order valence-corrected chi connectivity index (χ4v) is 6.48. The van der Waals surface area contributed by atoms with E-state index in [1.165, 1.54) is 17.0 Å². The van der Waals surface area contributed by atoms with Gasteiger partial charge in [0, 0.05) is 24.0 Å². The van der Waals surface area contributed by atoms with E-state index < -0.39 is 28.5 Å². The van der Waals surface area contributed by atoms with Crippen molar-refractivity contribution in [2.45, 2.75) is 57.1 Å². The molecule has 0 saturated carbocycles. The number of amides is 2. The van der Waals surface area contributed by atoms with Crippen LogP contribution in [0.5, 0.6) is 0 Å². The van der Waals surface area contributed by atoms with Crippen LogP contribution in [0, 0.1) is 6.92 Å². The third kappa shape index (κ3) is 8.27. The molecule has 0 aromatic heterocycles. The lowest BCUT2D eigenvalue weighted by Gasteiger charge is -2.34. The first-order valence-electron chi connectivity index (χ1n) is 14.6. The summed E-state index contributed by atoms with van der Waals surface area (Å²) in [5.41, 5.74) is 2.71. The number of nitrogens with zero attached hydrogens (tertiary/aromatic N) is 2. The highest BCUT2D eigenvalue weighted by atomic mass is 35.5. The Balaban J connectivity index is 1.81. The maximum absolute atomic E-state index is 14.5. The fraction of sp³-hybridized carbons (Fsp3) is 0.257. The van der Waals surface area contributed by atoms with E-state index in [1.54, 1.807) is 67.6 Å². The Morgan fingerprint density at radius 2 is 1.41 bits per heavy atom. The summed E-state index contributed by atoms with van der Waals surface area (Å²) in [6.07, 6.45) is 0.962. The molecule has 0 saturated heterocycles. The van der Waals surface area contributed by atoms with Gasteiger partial charge in [-0.15, -0.1) is 0 Å². The van der Waals surface area contributed by atoms with Crippen LogP contribution in [-0.4, -0.2) is 43.8 Å². The van der Waals surface area contributed by atoms with Crippen LogP contribution in [0.15, 0.2) is 114 Å². The number of aryl methyl sites for hydroxylation is 1. The van der Waals surface area contributed by atoms with Crippen LogP contribution >= 0.6 is 11.6 Å². The maximum atomic E-state index is 14.5. The summed E-state index contributed by atoms with van der Waals surface area (Å²) in [4.78, 5) is 29.9. The average Bonchev–Trinajstić information content (AvgIpc) is 3.03. The highest BCUT2D eigenvalue weighted by molar-refractivity contribution is 7.92. The van der Waals surface area contributed by atoms with Crippen LogP contribution in [0.4, 0.5) is 5.69 Å². The summed E-state index contributed by atoms with van der Waals surface area (Å²) in [5.74, 6) is -0.818. The van der Waals surface area contributed by atoms with Crippen molar-refractivity contribution >= 4 is 39.1 Å². The van der Waals surface area contributed by atoms with Gasteiger partial charge in [0.2, 0.25) is 11.8 Å². The van der Waals surface area contributed by atoms with Gasteiger partial charge >= 0.3 is 0 Å². The largest absolute Gasteiger partial charge is 0.352 e. The van der Waals surface area contributed by atoms with E-state index in [0.29, 0.717) is 22.7 Å². The molecule has 230 valence electrons. The molecule has 4 rings (SSSR count). The molecule has 1 N–H and O–H groups in total. The number of anilines is 1. The fourth-order valence-electron chi connectivity index (χ4n) is 4.86. The van der Waals surface area contributed by atoms with Gasteiger partial charge in [-0.1, -0.05) is 97.4 Å². The second-order valence-corrected chi connectivity index (χ2v) is 13.1. The Morgan fingerprint density at radius 1 is 0.818 bits per heavy atom. The summed E-state index contributed by atoms with van der Waals surface area (Å²) in [6.45, 7) is 5.26. The molecule has 7 nitrogen and oxygen atoms in total. The zero-order chi connectivity index (χ0) is 31.7. The number of nitrogens with one attached hydrogen (secondary N) is 1. The van der Waals surface area contributed by atoms with E-state index in [9.17, 15) is 18.0 Å². The van der Waals surface area contributed by atoms with Crippen molar-refractivity contribution in [3.05, 3.63) is 131 Å². The minimum absolute atomic E-state index is 0.0654. The Bertz CT molecular complexity index is 1650. The van der Waals surface area contributed by atoms with Crippen molar-refractivity contribution < 1.29 is 18.0 Å². The van der Waals surface area contributed by atoms with Crippen molar-refractivity contribution in [1.82, 2.24) is 10.2 Å². The van der Waals surface area contributed by atoms with Crippen molar-refractivity contribution in [2.75, 3.05) is 10.8 Å². The van der Waals surface area contributed by atoms with E-state index in [0.717, 1.165) is 15.4 Å². The van der Waals surface area contributed by atoms with E-state index in [4.69, 9.17) is 11.6 Å². The lowest BCUT2D eigenvalue weighted by molar-refractivity contribution is -0.140. The van der Waals surface area contributed by atoms with Crippen molar-refractivity contribution in [3.63, 3.8) is 0 Å². The highest BCUT2D eigenvalue weighted by Gasteiger charge is 2.35. The highest BCUT2D eigenvalue weighted by Crippen LogP contribution is 2.27. The van der Waals surface area contributed by atoms with Gasteiger partial charge in [-0.25, -0.2) is 8.42 Å². The first-order chi connectivity index (χ1) is 21.1. The summed E-state index contributed by atoms with van der Waals surface area (Å²) < 4.78 is 29.3. The molecule has 0 aliphatic heterocycles. The molecule has 0 bridgehead atoms. The van der Waals surface area contributed by atoms with E-state index in [1.807, 2.05) is 50.2 Å². The first-order valence-corrected chi connectivity index (χ1v) is 16.4. The molecule has 0 aliphatic carbocycles. The number of sulfonamides is 1. The molecule has 0 spiro atoms. The molecule has 2 atom stereocenters. The van der Waals surface area contributed by atoms with Gasteiger partial charge in [-0.2, -0.15) is 0 Å². The molecule has 0 unspecified atom stereocenters. The van der Waals surface area contributed by atoms with Gasteiger partial charge in [0.15, 0.2) is 0 Å². The van der Waals surface area contributed by atoms with Crippen LogP contribution < -0.4 is 9.62 Å². The van der Waals surface area contributed by atoms with Gasteiger partial charge in [0.25, 0.3) is 10.0 Å². The van der Waals surface area contributed by atoms with Crippen LogP contribution in [0.1, 0.15) is 37.0 Å². The number of hydrogen-bond acceptors (Lipinski definition) is 4. The van der Waals surface area contributed by atoms with Crippen LogP contribution in [0.2, 0.25) is 5.02 Å². The molecule has 4 aromatic carbocycles. The first kappa shape index (κ1) is 32.8. The molecule has 2 amide bonds. The van der Waals surface area contributed by atoms with E-state index in [2.05, 4.69) is 5.32 Å². The number of rotatable bonds is 13. The smallest absolute Gasteiger partial charge is 0.264 e. The SMILES string of the molecule is CC[C@H](C)NC(=O)[C@@H](Cc1ccccc1)N(Cc1ccc(Cl)cc1)C(=O)CN(c1ccccc1C)S(=O)(=O)c1ccccc1. The zero-order valence-corrected chi connectivity index (χ0v) is 26.8. The number of para-hydroxylation sites is 1. The van der Waals surface area contributed by atoms with Crippen LogP contribution in [0.25, 0.3) is 0 Å². The molecule has 0 heterocycles. The molecule has 0 radical (unpaired) electrons. The van der Waals surface area contributed by atoms with Crippen molar-refractivity contribution in [3.8, 4) is 0 Å². The summed E-state index contributed by atoms with van der Waals surface area (Å²) in [7, 11) is -4.14. The number of benzene rings is 4. The monoisotopic (exact) mass is 631 g/mol. The second-order valence-electron chi connectivity index (χ2n) is 10.8. The molecular weight excluding hydrogens is 594 g/mol. The van der Waals surface area contributed by atoms with Crippen LogP contribution in [0.3, 0.4) is 0 Å². The predicted octanol–water partition coefficient (Wildman–Crippen LogP) is 6.40. The van der Waals surface area contributed by atoms with Crippen LogP contribution in [-0.2, 0) is 32.6 Å². The molecule has 44 heavy (non-hydrogen) atoms. The number of carbonyl (C=O) groups excluding carboxylic acids is 2. The number of carbonyl (C=O) groups is 2. The Kier molecular flexibility index (Phi) is 11.2. The van der Waals surface area contributed by atoms with Gasteiger partial charge in [0.1, 0.15) is 12.6 Å². The third-order valence-electron chi connectivity index (χ3n) is 7.53. The average molecular weight is 632 g/mol. The maximum Gasteiger partial charge on any atom is 0.264 e.